The van der Waals surface area contributed by atoms with Crippen molar-refractivity contribution in [3.63, 3.8) is 0 Å². The van der Waals surface area contributed by atoms with Gasteiger partial charge in [0.05, 0.1) is 11.2 Å². The largest absolute Gasteiger partial charge is 0.477 e. The van der Waals surface area contributed by atoms with Crippen molar-refractivity contribution < 1.29 is 14.3 Å². The molecule has 1 radical (unpaired) electrons. The molecule has 0 amide bonds. The van der Waals surface area contributed by atoms with Crippen molar-refractivity contribution in [2.45, 2.75) is 13.5 Å². The molecule has 5 nitrogen and oxygen atoms in total. The number of aromatic carboxylic acids is 1. The molecule has 1 N–H and O–H groups in total. The molecule has 2 heterocycles. The minimum Gasteiger partial charge on any atom is -0.477 e. The molecule has 23 heavy (non-hydrogen) atoms. The minimum absolute atomic E-state index is 0. The molecule has 0 aliphatic carbocycles. The van der Waals surface area contributed by atoms with E-state index in [1.54, 1.807) is 39.7 Å². The van der Waals surface area contributed by atoms with E-state index in [1.165, 1.54) is 6.20 Å². The third kappa shape index (κ3) is 3.20. The number of pyridine rings is 1. The van der Waals surface area contributed by atoms with Gasteiger partial charge in [0.25, 0.3) is 0 Å². The topological polar surface area (TPSA) is 64.2 Å². The van der Waals surface area contributed by atoms with E-state index in [-0.39, 0.29) is 62.3 Å². The molecule has 0 aliphatic heterocycles. The zero-order valence-electron chi connectivity index (χ0n) is 12.8. The van der Waals surface area contributed by atoms with Gasteiger partial charge < -0.3 is 14.2 Å². The fourth-order valence-electron chi connectivity index (χ4n) is 2.51. The van der Waals surface area contributed by atoms with Gasteiger partial charge in [0.1, 0.15) is 11.4 Å². The summed E-state index contributed by atoms with van der Waals surface area (Å²) in [6.07, 6.45) is 4.69. The third-order valence-corrected chi connectivity index (χ3v) is 3.60. The molecule has 3 aromatic rings. The molecule has 1 aromatic carbocycles. The van der Waals surface area contributed by atoms with E-state index in [4.69, 9.17) is 5.11 Å². The minimum atomic E-state index is -1.32. The average Bonchev–Trinajstić information content (AvgIpc) is 3.01. The van der Waals surface area contributed by atoms with Gasteiger partial charge in [-0.25, -0.2) is 9.18 Å². The van der Waals surface area contributed by atoms with Crippen LogP contribution < -0.4 is 5.43 Å². The predicted molar refractivity (Wildman–Crippen MR) is 85.9 cm³/mol. The summed E-state index contributed by atoms with van der Waals surface area (Å²) < 4.78 is 17.5. The zero-order valence-corrected chi connectivity index (χ0v) is 15.9. The molecule has 0 bridgehead atoms. The Bertz CT molecular complexity index is 933. The fourth-order valence-corrected chi connectivity index (χ4v) is 2.51. The SMILES string of the molecule is CCn1cc(C(=O)O)c(=O)c2cc(F)c(-n3cccc3)cc21.[K]. The van der Waals surface area contributed by atoms with Gasteiger partial charge in [-0.3, -0.25) is 4.79 Å². The Hall–Kier alpha value is -1.25. The van der Waals surface area contributed by atoms with Crippen LogP contribution in [0.25, 0.3) is 16.6 Å². The summed E-state index contributed by atoms with van der Waals surface area (Å²) in [6.45, 7) is 2.29. The van der Waals surface area contributed by atoms with E-state index in [9.17, 15) is 14.0 Å². The first kappa shape index (κ1) is 18.1. The second-order valence-corrected chi connectivity index (χ2v) is 4.87. The van der Waals surface area contributed by atoms with Gasteiger partial charge in [-0.15, -0.1) is 0 Å². The molecule has 0 saturated heterocycles. The number of hydrogen-bond acceptors (Lipinski definition) is 2. The van der Waals surface area contributed by atoms with Crippen LogP contribution in [0.3, 0.4) is 0 Å². The summed E-state index contributed by atoms with van der Waals surface area (Å²) in [4.78, 5) is 23.4. The Morgan fingerprint density at radius 1 is 1.26 bits per heavy atom. The first-order chi connectivity index (χ1) is 10.5. The monoisotopic (exact) mass is 339 g/mol. The first-order valence-electron chi connectivity index (χ1n) is 6.76. The van der Waals surface area contributed by atoms with E-state index >= 15 is 0 Å². The standard InChI is InChI=1S/C16H13FN2O3.K/c1-2-18-9-11(16(21)22)15(20)10-7-12(17)14(8-13(10)18)19-5-3-4-6-19;/h3-9H,2H2,1H3,(H,21,22);. The molecule has 0 aliphatic rings. The number of nitrogens with zero attached hydrogens (tertiary/aromatic N) is 2. The molecule has 7 heteroatoms. The number of aryl methyl sites for hydroxylation is 1. The Morgan fingerprint density at radius 2 is 1.91 bits per heavy atom. The van der Waals surface area contributed by atoms with Crippen LogP contribution >= 0.6 is 0 Å². The summed E-state index contributed by atoms with van der Waals surface area (Å²) in [7, 11) is 0. The summed E-state index contributed by atoms with van der Waals surface area (Å²) in [5, 5.41) is 9.17. The Kier molecular flexibility index (Phi) is 5.59. The van der Waals surface area contributed by atoms with Gasteiger partial charge in [0, 0.05) is 81.9 Å². The normalized spacial score (nSPS) is 10.5. The Morgan fingerprint density at radius 3 is 2.48 bits per heavy atom. The number of hydrogen-bond donors (Lipinski definition) is 1. The number of fused-ring (bicyclic) bond motifs is 1. The van der Waals surface area contributed by atoms with Crippen molar-refractivity contribution in [1.82, 2.24) is 9.13 Å². The summed E-state index contributed by atoms with van der Waals surface area (Å²) >= 11 is 0. The second-order valence-electron chi connectivity index (χ2n) is 4.87. The first-order valence-corrected chi connectivity index (χ1v) is 6.76. The van der Waals surface area contributed by atoms with E-state index in [0.717, 1.165) is 6.07 Å². The molecular weight excluding hydrogens is 326 g/mol. The molecule has 0 fully saturated rings. The average molecular weight is 339 g/mol. The van der Waals surface area contributed by atoms with Crippen LogP contribution in [0.1, 0.15) is 17.3 Å². The van der Waals surface area contributed by atoms with Crippen LogP contribution in [0.2, 0.25) is 0 Å². The van der Waals surface area contributed by atoms with Crippen molar-refractivity contribution in [2.24, 2.45) is 0 Å². The number of carboxylic acids is 1. The summed E-state index contributed by atoms with van der Waals surface area (Å²) in [6, 6.07) is 6.20. The van der Waals surface area contributed by atoms with Gasteiger partial charge in [-0.05, 0) is 31.2 Å². The molecule has 0 unspecified atom stereocenters. The summed E-state index contributed by atoms with van der Waals surface area (Å²) in [5.41, 5.74) is -0.225. The molecule has 3 rings (SSSR count). The quantitative estimate of drug-likeness (QED) is 0.745. The van der Waals surface area contributed by atoms with E-state index in [1.807, 2.05) is 6.92 Å². The molecule has 0 spiro atoms. The number of aromatic nitrogens is 2. The van der Waals surface area contributed by atoms with Gasteiger partial charge in [-0.1, -0.05) is 0 Å². The third-order valence-electron chi connectivity index (χ3n) is 3.60. The van der Waals surface area contributed by atoms with Crippen molar-refractivity contribution in [3.05, 3.63) is 64.5 Å². The van der Waals surface area contributed by atoms with Gasteiger partial charge in [0.2, 0.25) is 5.43 Å². The number of carboxylic acid groups (broad SMARTS) is 1. The van der Waals surface area contributed by atoms with Crippen molar-refractivity contribution in [3.8, 4) is 5.69 Å². The maximum Gasteiger partial charge on any atom is 0.341 e. The van der Waals surface area contributed by atoms with Crippen LogP contribution in [0.15, 0.2) is 47.7 Å². The van der Waals surface area contributed by atoms with Crippen LogP contribution in [0, 0.1) is 5.82 Å². The van der Waals surface area contributed by atoms with E-state index in [2.05, 4.69) is 0 Å². The van der Waals surface area contributed by atoms with Crippen LogP contribution in [-0.2, 0) is 6.54 Å². The van der Waals surface area contributed by atoms with Crippen molar-refractivity contribution in [1.29, 1.82) is 0 Å². The number of carbonyl (C=O) groups is 1. The fraction of sp³-hybridized carbons (Fsp3) is 0.125. The van der Waals surface area contributed by atoms with E-state index in [0.29, 0.717) is 17.7 Å². The van der Waals surface area contributed by atoms with Crippen LogP contribution in [0.5, 0.6) is 0 Å². The maximum absolute atomic E-state index is 14.3. The maximum atomic E-state index is 14.3. The Labute approximate surface area is 173 Å². The molecule has 0 saturated carbocycles. The number of benzene rings is 1. The van der Waals surface area contributed by atoms with Gasteiger partial charge in [-0.2, -0.15) is 0 Å². The van der Waals surface area contributed by atoms with Gasteiger partial charge >= 0.3 is 5.97 Å². The smallest absolute Gasteiger partial charge is 0.341 e. The molecule has 113 valence electrons. The predicted octanol–water partition coefficient (Wildman–Crippen LogP) is 2.27. The number of rotatable bonds is 3. The second kappa shape index (κ2) is 7.10. The molecule has 2 aromatic heterocycles. The number of halogens is 1. The summed E-state index contributed by atoms with van der Waals surface area (Å²) in [5.74, 6) is -1.89. The van der Waals surface area contributed by atoms with Crippen molar-refractivity contribution >= 4 is 68.3 Å². The van der Waals surface area contributed by atoms with Crippen LogP contribution in [-0.4, -0.2) is 71.6 Å². The van der Waals surface area contributed by atoms with Crippen molar-refractivity contribution in [2.75, 3.05) is 0 Å². The molecular formula is C16H13FKN2O3. The van der Waals surface area contributed by atoms with Crippen LogP contribution in [0.4, 0.5) is 4.39 Å². The van der Waals surface area contributed by atoms with E-state index < -0.39 is 17.2 Å². The zero-order chi connectivity index (χ0) is 15.9. The molecule has 0 atom stereocenters. The van der Waals surface area contributed by atoms with Gasteiger partial charge in [0.15, 0.2) is 0 Å². The Balaban J connectivity index is 0.00000192.